The van der Waals surface area contributed by atoms with Crippen LogP contribution in [0.1, 0.15) is 58.9 Å². The summed E-state index contributed by atoms with van der Waals surface area (Å²) in [6, 6.07) is 10.5. The molecule has 0 saturated carbocycles. The van der Waals surface area contributed by atoms with Gasteiger partial charge in [-0.3, -0.25) is 4.84 Å². The summed E-state index contributed by atoms with van der Waals surface area (Å²) in [6.07, 6.45) is 1.24. The summed E-state index contributed by atoms with van der Waals surface area (Å²) in [5.41, 5.74) is 0.986. The van der Waals surface area contributed by atoms with Gasteiger partial charge < -0.3 is 5.11 Å². The minimum atomic E-state index is -0.249. The molecular formula is C18H29NO2. The average molecular weight is 291 g/mol. The Labute approximate surface area is 128 Å². The van der Waals surface area contributed by atoms with Gasteiger partial charge in [-0.15, -0.1) is 0 Å². The molecule has 1 aromatic carbocycles. The number of nitrogens with zero attached hydrogens (tertiary/aromatic N) is 1. The van der Waals surface area contributed by atoms with Crippen LogP contribution in [0.2, 0.25) is 0 Å². The van der Waals surface area contributed by atoms with Crippen molar-refractivity contribution in [2.45, 2.75) is 70.6 Å². The van der Waals surface area contributed by atoms with E-state index in [4.69, 9.17) is 4.84 Å². The van der Waals surface area contributed by atoms with E-state index in [9.17, 15) is 5.11 Å². The van der Waals surface area contributed by atoms with Crippen molar-refractivity contribution < 1.29 is 9.94 Å². The zero-order valence-electron chi connectivity index (χ0n) is 14.0. The first-order valence-corrected chi connectivity index (χ1v) is 7.89. The Morgan fingerprint density at radius 3 is 2.19 bits per heavy atom. The predicted molar refractivity (Wildman–Crippen MR) is 86.0 cm³/mol. The standard InChI is InChI=1S/C18H29NO2/c1-14(15-9-7-6-8-10-15)13-21-19-17(2,3)11-16(20)12-18(19,4)5/h6-10,14,16,20H,11-13H2,1-5H3. The molecule has 2 rings (SSSR count). The summed E-state index contributed by atoms with van der Waals surface area (Å²) < 4.78 is 0. The fourth-order valence-corrected chi connectivity index (χ4v) is 3.62. The normalized spacial score (nSPS) is 23.9. The Morgan fingerprint density at radius 2 is 1.67 bits per heavy atom. The Balaban J connectivity index is 2.04. The second-order valence-corrected chi connectivity index (χ2v) is 7.59. The number of hydroxylamine groups is 2. The molecule has 1 heterocycles. The van der Waals surface area contributed by atoms with Gasteiger partial charge in [-0.05, 0) is 46.1 Å². The number of hydrogen-bond acceptors (Lipinski definition) is 3. The van der Waals surface area contributed by atoms with E-state index < -0.39 is 0 Å². The lowest BCUT2D eigenvalue weighted by atomic mass is 9.80. The number of rotatable bonds is 4. The molecule has 0 aromatic heterocycles. The fourth-order valence-electron chi connectivity index (χ4n) is 3.62. The summed E-state index contributed by atoms with van der Waals surface area (Å²) in [6.45, 7) is 11.4. The molecule has 1 N–H and O–H groups in total. The second-order valence-electron chi connectivity index (χ2n) is 7.59. The summed E-state index contributed by atoms with van der Waals surface area (Å²) >= 11 is 0. The van der Waals surface area contributed by atoms with Gasteiger partial charge in [0.1, 0.15) is 0 Å². The molecule has 0 amide bonds. The van der Waals surface area contributed by atoms with Crippen LogP contribution in [0.4, 0.5) is 0 Å². The first-order chi connectivity index (χ1) is 9.72. The van der Waals surface area contributed by atoms with Crippen LogP contribution in [0.25, 0.3) is 0 Å². The van der Waals surface area contributed by atoms with Crippen LogP contribution in [0, 0.1) is 0 Å². The average Bonchev–Trinajstić information content (AvgIpc) is 2.36. The van der Waals surface area contributed by atoms with Crippen LogP contribution < -0.4 is 0 Å². The monoisotopic (exact) mass is 291 g/mol. The van der Waals surface area contributed by atoms with Gasteiger partial charge in [0.2, 0.25) is 0 Å². The Kier molecular flexibility index (Phi) is 4.76. The van der Waals surface area contributed by atoms with Crippen LogP contribution in [-0.4, -0.2) is 34.0 Å². The molecular weight excluding hydrogens is 262 g/mol. The lowest BCUT2D eigenvalue weighted by Gasteiger charge is -2.53. The van der Waals surface area contributed by atoms with Crippen molar-refractivity contribution >= 4 is 0 Å². The summed E-state index contributed by atoms with van der Waals surface area (Å²) in [7, 11) is 0. The van der Waals surface area contributed by atoms with Gasteiger partial charge in [0.25, 0.3) is 0 Å². The fraction of sp³-hybridized carbons (Fsp3) is 0.667. The van der Waals surface area contributed by atoms with Crippen molar-refractivity contribution in [3.8, 4) is 0 Å². The van der Waals surface area contributed by atoms with Crippen LogP contribution in [-0.2, 0) is 4.84 Å². The van der Waals surface area contributed by atoms with Gasteiger partial charge in [-0.2, -0.15) is 5.06 Å². The van der Waals surface area contributed by atoms with E-state index in [1.54, 1.807) is 0 Å². The van der Waals surface area contributed by atoms with Crippen LogP contribution in [0.5, 0.6) is 0 Å². The number of piperidine rings is 1. The largest absolute Gasteiger partial charge is 0.393 e. The van der Waals surface area contributed by atoms with E-state index in [2.05, 4.69) is 63.9 Å². The highest BCUT2D eigenvalue weighted by Gasteiger charge is 2.46. The number of hydrogen-bond donors (Lipinski definition) is 1. The van der Waals surface area contributed by atoms with Crippen molar-refractivity contribution in [1.29, 1.82) is 0 Å². The summed E-state index contributed by atoms with van der Waals surface area (Å²) in [4.78, 5) is 6.20. The molecule has 1 unspecified atom stereocenters. The third kappa shape index (κ3) is 3.85. The zero-order chi connectivity index (χ0) is 15.7. The zero-order valence-corrected chi connectivity index (χ0v) is 14.0. The predicted octanol–water partition coefficient (Wildman–Crippen LogP) is 3.74. The van der Waals surface area contributed by atoms with Gasteiger partial charge in [0.15, 0.2) is 0 Å². The molecule has 0 aliphatic carbocycles. The van der Waals surface area contributed by atoms with E-state index >= 15 is 0 Å². The molecule has 1 aromatic rings. The smallest absolute Gasteiger partial charge is 0.0751 e. The maximum Gasteiger partial charge on any atom is 0.0751 e. The van der Waals surface area contributed by atoms with Gasteiger partial charge >= 0.3 is 0 Å². The van der Waals surface area contributed by atoms with Crippen molar-refractivity contribution in [1.82, 2.24) is 5.06 Å². The molecule has 1 aliphatic heterocycles. The molecule has 3 nitrogen and oxygen atoms in total. The highest BCUT2D eigenvalue weighted by Crippen LogP contribution is 2.39. The maximum absolute atomic E-state index is 10.1. The van der Waals surface area contributed by atoms with Gasteiger partial charge in [-0.25, -0.2) is 0 Å². The van der Waals surface area contributed by atoms with Crippen molar-refractivity contribution in [2.75, 3.05) is 6.61 Å². The lowest BCUT2D eigenvalue weighted by molar-refractivity contribution is -0.293. The third-order valence-corrected chi connectivity index (χ3v) is 4.39. The molecule has 0 radical (unpaired) electrons. The molecule has 1 fully saturated rings. The van der Waals surface area contributed by atoms with Crippen LogP contribution >= 0.6 is 0 Å². The summed E-state index contributed by atoms with van der Waals surface area (Å²) in [5, 5.41) is 12.2. The number of aliphatic hydroxyl groups is 1. The first kappa shape index (κ1) is 16.5. The minimum Gasteiger partial charge on any atom is -0.393 e. The van der Waals surface area contributed by atoms with Crippen LogP contribution in [0.15, 0.2) is 30.3 Å². The Hall–Kier alpha value is -0.900. The first-order valence-electron chi connectivity index (χ1n) is 7.89. The summed E-state index contributed by atoms with van der Waals surface area (Å²) in [5.74, 6) is 0.352. The van der Waals surface area contributed by atoms with E-state index in [0.717, 1.165) is 12.8 Å². The van der Waals surface area contributed by atoms with E-state index in [-0.39, 0.29) is 17.2 Å². The Morgan fingerprint density at radius 1 is 1.14 bits per heavy atom. The van der Waals surface area contributed by atoms with Crippen molar-refractivity contribution in [2.24, 2.45) is 0 Å². The quantitative estimate of drug-likeness (QED) is 0.917. The lowest BCUT2D eigenvalue weighted by Crippen LogP contribution is -2.61. The maximum atomic E-state index is 10.1. The SMILES string of the molecule is CC(CON1C(C)(C)CC(O)CC1(C)C)c1ccccc1. The van der Waals surface area contributed by atoms with Crippen molar-refractivity contribution in [3.05, 3.63) is 35.9 Å². The number of benzene rings is 1. The molecule has 0 bridgehead atoms. The Bertz CT molecular complexity index is 438. The van der Waals surface area contributed by atoms with Crippen LogP contribution in [0.3, 0.4) is 0 Å². The second kappa shape index (κ2) is 6.07. The highest BCUT2D eigenvalue weighted by molar-refractivity contribution is 5.18. The van der Waals surface area contributed by atoms with E-state index in [0.29, 0.717) is 12.5 Å². The molecule has 1 saturated heterocycles. The van der Waals surface area contributed by atoms with Gasteiger partial charge in [0.05, 0.1) is 12.7 Å². The van der Waals surface area contributed by atoms with E-state index in [1.807, 2.05) is 6.07 Å². The molecule has 3 heteroatoms. The minimum absolute atomic E-state index is 0.155. The third-order valence-electron chi connectivity index (χ3n) is 4.39. The highest BCUT2D eigenvalue weighted by atomic mass is 16.7. The van der Waals surface area contributed by atoms with E-state index in [1.165, 1.54) is 5.56 Å². The van der Waals surface area contributed by atoms with Gasteiger partial charge in [-0.1, -0.05) is 37.3 Å². The molecule has 0 spiro atoms. The molecule has 1 aliphatic rings. The van der Waals surface area contributed by atoms with Crippen molar-refractivity contribution in [3.63, 3.8) is 0 Å². The number of aliphatic hydroxyl groups excluding tert-OH is 1. The molecule has 21 heavy (non-hydrogen) atoms. The topological polar surface area (TPSA) is 32.7 Å². The molecule has 1 atom stereocenters. The molecule has 118 valence electrons. The van der Waals surface area contributed by atoms with Gasteiger partial charge in [0, 0.05) is 17.0 Å².